The van der Waals surface area contributed by atoms with Gasteiger partial charge in [-0.25, -0.2) is 9.97 Å². The summed E-state index contributed by atoms with van der Waals surface area (Å²) in [7, 11) is 3.38. The number of β-amino-alcohol motifs (C(OH)–C–C–N with tert-alkyl or cyclic N) is 1. The average molecular weight is 534 g/mol. The minimum atomic E-state index is -0.270. The molecule has 1 aliphatic rings. The molecular formula is C27H35N9O3. The quantitative estimate of drug-likeness (QED) is 0.256. The number of ether oxygens (including phenoxy) is 1. The van der Waals surface area contributed by atoms with Crippen molar-refractivity contribution in [2.45, 2.75) is 19.9 Å². The zero-order valence-corrected chi connectivity index (χ0v) is 22.7. The van der Waals surface area contributed by atoms with Crippen LogP contribution in [0.5, 0.6) is 5.88 Å². The molecule has 12 nitrogen and oxygen atoms in total. The fraction of sp³-hybridized carbons (Fsp3) is 0.407. The molecule has 0 radical (unpaired) electrons. The van der Waals surface area contributed by atoms with Gasteiger partial charge in [0.1, 0.15) is 5.69 Å². The molecule has 1 aliphatic heterocycles. The second kappa shape index (κ2) is 11.4. The van der Waals surface area contributed by atoms with Crippen LogP contribution >= 0.6 is 0 Å². The van der Waals surface area contributed by atoms with Gasteiger partial charge in [-0.2, -0.15) is 0 Å². The number of aromatic nitrogens is 5. The van der Waals surface area contributed by atoms with Crippen molar-refractivity contribution >= 4 is 34.1 Å². The van der Waals surface area contributed by atoms with Gasteiger partial charge in [-0.15, -0.1) is 5.10 Å². The van der Waals surface area contributed by atoms with Crippen molar-refractivity contribution in [3.8, 4) is 17.1 Å². The molecule has 1 atom stereocenters. The van der Waals surface area contributed by atoms with Gasteiger partial charge in [0.05, 0.1) is 42.9 Å². The Morgan fingerprint density at radius 1 is 1.23 bits per heavy atom. The highest BCUT2D eigenvalue weighted by molar-refractivity contribution is 6.06. The van der Waals surface area contributed by atoms with Crippen LogP contribution in [0.3, 0.4) is 0 Å². The van der Waals surface area contributed by atoms with Crippen LogP contribution in [0.25, 0.3) is 22.2 Å². The van der Waals surface area contributed by atoms with Crippen LogP contribution in [0, 0.1) is 6.92 Å². The number of aliphatic hydroxyl groups excluding tert-OH is 1. The molecule has 4 heterocycles. The van der Waals surface area contributed by atoms with Crippen molar-refractivity contribution < 1.29 is 14.6 Å². The van der Waals surface area contributed by atoms with E-state index in [9.17, 15) is 9.90 Å². The predicted molar refractivity (Wildman–Crippen MR) is 150 cm³/mol. The number of methoxy groups -OCH3 is 1. The number of para-hydroxylation sites is 1. The highest BCUT2D eigenvalue weighted by Gasteiger charge is 2.26. The van der Waals surface area contributed by atoms with Crippen LogP contribution in [0.15, 0.2) is 36.8 Å². The van der Waals surface area contributed by atoms with Gasteiger partial charge in [-0.1, -0.05) is 12.1 Å². The van der Waals surface area contributed by atoms with Crippen molar-refractivity contribution in [1.29, 1.82) is 0 Å². The van der Waals surface area contributed by atoms with E-state index in [-0.39, 0.29) is 18.6 Å². The summed E-state index contributed by atoms with van der Waals surface area (Å²) in [6.45, 7) is 8.01. The molecule has 0 spiro atoms. The number of aromatic amines is 1. The largest absolute Gasteiger partial charge is 0.478 e. The number of H-pyrrole nitrogens is 1. The lowest BCUT2D eigenvalue weighted by molar-refractivity contribution is -0.121. The van der Waals surface area contributed by atoms with Crippen LogP contribution in [0.1, 0.15) is 12.5 Å². The van der Waals surface area contributed by atoms with Gasteiger partial charge in [0, 0.05) is 63.1 Å². The summed E-state index contributed by atoms with van der Waals surface area (Å²) in [5.41, 5.74) is 4.84. The first-order valence-electron chi connectivity index (χ1n) is 13.0. The number of hydrogen-bond acceptors (Lipinski definition) is 9. The Kier molecular flexibility index (Phi) is 7.77. The van der Waals surface area contributed by atoms with Crippen molar-refractivity contribution in [1.82, 2.24) is 34.5 Å². The molecule has 1 fully saturated rings. The fourth-order valence-corrected chi connectivity index (χ4v) is 4.97. The van der Waals surface area contributed by atoms with E-state index in [0.717, 1.165) is 59.6 Å². The van der Waals surface area contributed by atoms with E-state index in [2.05, 4.69) is 35.5 Å². The summed E-state index contributed by atoms with van der Waals surface area (Å²) >= 11 is 0. The molecule has 0 bridgehead atoms. The first-order chi connectivity index (χ1) is 18.9. The number of carbonyl (C=O) groups is 1. The number of fused-ring (bicyclic) bond motifs is 1. The Hall–Kier alpha value is -4.00. The van der Waals surface area contributed by atoms with Gasteiger partial charge in [0.2, 0.25) is 11.9 Å². The SMILES string of the molecule is COc1nn(C)cc1Nc1ncc(C)c(-c2c[nH]c3c(NC(=O)[C@@H](C)N4CCN(CCO)CC4)cccc23)n1. The minimum absolute atomic E-state index is 0.0515. The third-order valence-electron chi connectivity index (χ3n) is 7.19. The Morgan fingerprint density at radius 3 is 2.77 bits per heavy atom. The van der Waals surface area contributed by atoms with Gasteiger partial charge >= 0.3 is 0 Å². The van der Waals surface area contributed by atoms with E-state index in [1.165, 1.54) is 0 Å². The number of nitrogens with zero attached hydrogens (tertiary/aromatic N) is 6. The van der Waals surface area contributed by atoms with E-state index >= 15 is 0 Å². The summed E-state index contributed by atoms with van der Waals surface area (Å²) in [6, 6.07) is 5.58. The summed E-state index contributed by atoms with van der Waals surface area (Å²) in [4.78, 5) is 30.2. The number of nitrogens with one attached hydrogen (secondary N) is 3. The smallest absolute Gasteiger partial charge is 0.256 e. The Balaban J connectivity index is 1.36. The maximum Gasteiger partial charge on any atom is 0.256 e. The number of amides is 1. The van der Waals surface area contributed by atoms with E-state index in [4.69, 9.17) is 9.72 Å². The van der Waals surface area contributed by atoms with Gasteiger partial charge in [0.15, 0.2) is 0 Å². The lowest BCUT2D eigenvalue weighted by Crippen LogP contribution is -2.53. The molecule has 0 unspecified atom stereocenters. The second-order valence-corrected chi connectivity index (χ2v) is 9.77. The maximum atomic E-state index is 13.2. The molecule has 1 amide bonds. The number of anilines is 3. The van der Waals surface area contributed by atoms with Gasteiger partial charge in [0.25, 0.3) is 5.88 Å². The van der Waals surface area contributed by atoms with Crippen LogP contribution in [0.2, 0.25) is 0 Å². The summed E-state index contributed by atoms with van der Waals surface area (Å²) in [5.74, 6) is 0.829. The van der Waals surface area contributed by atoms with Crippen molar-refractivity contribution in [3.63, 3.8) is 0 Å². The molecule has 4 N–H and O–H groups in total. The Bertz CT molecular complexity index is 1460. The first kappa shape index (κ1) is 26.6. The molecular weight excluding hydrogens is 498 g/mol. The maximum absolute atomic E-state index is 13.2. The zero-order valence-electron chi connectivity index (χ0n) is 22.7. The van der Waals surface area contributed by atoms with E-state index in [1.54, 1.807) is 24.2 Å². The number of hydrogen-bond donors (Lipinski definition) is 4. The predicted octanol–water partition coefficient (Wildman–Crippen LogP) is 2.36. The minimum Gasteiger partial charge on any atom is -0.478 e. The monoisotopic (exact) mass is 533 g/mol. The normalized spacial score (nSPS) is 15.4. The number of aryl methyl sites for hydroxylation is 2. The Morgan fingerprint density at radius 2 is 2.03 bits per heavy atom. The number of carbonyl (C=O) groups excluding carboxylic acids is 1. The topological polar surface area (TPSA) is 136 Å². The molecule has 4 aromatic rings. The molecule has 0 saturated carbocycles. The van der Waals surface area contributed by atoms with Crippen LogP contribution in [0.4, 0.5) is 17.3 Å². The Labute approximate surface area is 227 Å². The molecule has 3 aromatic heterocycles. The van der Waals surface area contributed by atoms with E-state index in [0.29, 0.717) is 24.1 Å². The number of aliphatic hydroxyl groups is 1. The highest BCUT2D eigenvalue weighted by Crippen LogP contribution is 2.34. The van der Waals surface area contributed by atoms with Crippen LogP contribution in [-0.4, -0.2) is 98.0 Å². The first-order valence-corrected chi connectivity index (χ1v) is 13.0. The van der Waals surface area contributed by atoms with Crippen LogP contribution < -0.4 is 15.4 Å². The van der Waals surface area contributed by atoms with E-state index < -0.39 is 0 Å². The molecule has 1 aromatic carbocycles. The summed E-state index contributed by atoms with van der Waals surface area (Å²) in [6.07, 6.45) is 5.49. The highest BCUT2D eigenvalue weighted by atomic mass is 16.5. The number of benzene rings is 1. The van der Waals surface area contributed by atoms with Gasteiger partial charge in [-0.05, 0) is 25.5 Å². The molecule has 39 heavy (non-hydrogen) atoms. The van der Waals surface area contributed by atoms with Crippen LogP contribution in [-0.2, 0) is 11.8 Å². The number of piperazine rings is 1. The standard InChI is InChI=1S/C27H35N9O3/c1-17-14-29-27(31-22-16-34(3)33-26(22)39-4)32-23(17)20-15-28-24-19(20)6-5-7-21(24)30-25(38)18(2)36-10-8-35(9-11-36)12-13-37/h5-7,14-16,18,28,37H,8-13H2,1-4H3,(H,30,38)(H,29,31,32)/t18-/m1/s1. The van der Waals surface area contributed by atoms with E-state index in [1.807, 2.05) is 45.3 Å². The molecule has 206 valence electrons. The number of rotatable bonds is 9. The third kappa shape index (κ3) is 5.58. The second-order valence-electron chi connectivity index (χ2n) is 9.77. The van der Waals surface area contributed by atoms with Gasteiger partial charge in [-0.3, -0.25) is 19.3 Å². The van der Waals surface area contributed by atoms with Crippen molar-refractivity contribution in [2.24, 2.45) is 7.05 Å². The molecule has 12 heteroatoms. The van der Waals surface area contributed by atoms with Gasteiger partial charge < -0.3 is 25.5 Å². The average Bonchev–Trinajstić information content (AvgIpc) is 3.53. The molecule has 0 aliphatic carbocycles. The van der Waals surface area contributed by atoms with Crippen molar-refractivity contribution in [2.75, 3.05) is 57.1 Å². The summed E-state index contributed by atoms with van der Waals surface area (Å²) < 4.78 is 6.99. The fourth-order valence-electron chi connectivity index (χ4n) is 4.97. The lowest BCUT2D eigenvalue weighted by Gasteiger charge is -2.37. The molecule has 1 saturated heterocycles. The van der Waals surface area contributed by atoms with Crippen molar-refractivity contribution in [3.05, 3.63) is 42.4 Å². The third-order valence-corrected chi connectivity index (χ3v) is 7.19. The zero-order chi connectivity index (χ0) is 27.5. The molecule has 5 rings (SSSR count). The lowest BCUT2D eigenvalue weighted by atomic mass is 10.1. The summed E-state index contributed by atoms with van der Waals surface area (Å²) in [5, 5.41) is 20.7.